The molecule has 0 fully saturated rings. The highest BCUT2D eigenvalue weighted by Gasteiger charge is 2.03. The summed E-state index contributed by atoms with van der Waals surface area (Å²) in [6.07, 6.45) is 0.762. The summed E-state index contributed by atoms with van der Waals surface area (Å²) in [5, 5.41) is 2.73. The van der Waals surface area contributed by atoms with Crippen molar-refractivity contribution < 1.29 is 4.79 Å². The molecule has 2 heteroatoms. The molecule has 53 valence electrons. The second-order valence-corrected chi connectivity index (χ2v) is 2.30. The molecule has 2 nitrogen and oxygen atoms in total. The van der Waals surface area contributed by atoms with Gasteiger partial charge in [0.1, 0.15) is 0 Å². The Morgan fingerprint density at radius 1 is 1.67 bits per heavy atom. The maximum absolute atomic E-state index is 10.8. The van der Waals surface area contributed by atoms with Crippen LogP contribution >= 0.6 is 0 Å². The summed E-state index contributed by atoms with van der Waals surface area (Å²) >= 11 is 0. The van der Waals surface area contributed by atoms with Crippen molar-refractivity contribution in [2.45, 2.75) is 20.3 Å². The summed E-state index contributed by atoms with van der Waals surface area (Å²) in [5.74, 6) is 0.204. The lowest BCUT2D eigenvalue weighted by atomic mass is 10.2. The van der Waals surface area contributed by atoms with Crippen molar-refractivity contribution in [3.8, 4) is 0 Å². The van der Waals surface area contributed by atoms with Crippen LogP contribution in [0.2, 0.25) is 0 Å². The summed E-state index contributed by atoms with van der Waals surface area (Å²) in [4.78, 5) is 10.8. The van der Waals surface area contributed by atoms with E-state index < -0.39 is 0 Å². The van der Waals surface area contributed by atoms with Gasteiger partial charge in [0.25, 0.3) is 0 Å². The molecule has 0 aromatic heterocycles. The molecule has 0 aromatic carbocycles. The van der Waals surface area contributed by atoms with Gasteiger partial charge in [-0.25, -0.2) is 0 Å². The van der Waals surface area contributed by atoms with Gasteiger partial charge in [-0.05, 0) is 6.42 Å². The molecule has 9 heavy (non-hydrogen) atoms. The van der Waals surface area contributed by atoms with Gasteiger partial charge < -0.3 is 5.32 Å². The summed E-state index contributed by atoms with van der Waals surface area (Å²) < 4.78 is 0. The third kappa shape index (κ3) is 4.01. The fourth-order valence-corrected chi connectivity index (χ4v) is 0.416. The van der Waals surface area contributed by atoms with Crippen LogP contribution in [-0.2, 0) is 4.79 Å². The maximum Gasteiger partial charge on any atom is 0.222 e. The van der Waals surface area contributed by atoms with Crippen molar-refractivity contribution in [3.05, 3.63) is 6.92 Å². The van der Waals surface area contributed by atoms with Gasteiger partial charge in [-0.2, -0.15) is 0 Å². The van der Waals surface area contributed by atoms with E-state index in [0.717, 1.165) is 6.42 Å². The van der Waals surface area contributed by atoms with E-state index in [4.69, 9.17) is 0 Å². The number of amides is 1. The van der Waals surface area contributed by atoms with Crippen LogP contribution in [0.5, 0.6) is 0 Å². The van der Waals surface area contributed by atoms with E-state index in [-0.39, 0.29) is 11.8 Å². The van der Waals surface area contributed by atoms with Gasteiger partial charge in [-0.15, -0.1) is 0 Å². The quantitative estimate of drug-likeness (QED) is 0.603. The first-order chi connectivity index (χ1) is 4.18. The SMILES string of the molecule is [CH2]CCNC(=O)C(C)C. The molecular weight excluding hydrogens is 114 g/mol. The van der Waals surface area contributed by atoms with E-state index in [9.17, 15) is 4.79 Å². The highest BCUT2D eigenvalue weighted by Crippen LogP contribution is 1.89. The van der Waals surface area contributed by atoms with Gasteiger partial charge in [0.15, 0.2) is 0 Å². The van der Waals surface area contributed by atoms with Crippen molar-refractivity contribution in [2.24, 2.45) is 5.92 Å². The number of hydrogen-bond acceptors (Lipinski definition) is 1. The smallest absolute Gasteiger partial charge is 0.222 e. The van der Waals surface area contributed by atoms with Crippen LogP contribution in [0.15, 0.2) is 0 Å². The minimum Gasteiger partial charge on any atom is -0.356 e. The van der Waals surface area contributed by atoms with Crippen LogP contribution in [-0.4, -0.2) is 12.5 Å². The van der Waals surface area contributed by atoms with E-state index >= 15 is 0 Å². The summed E-state index contributed by atoms with van der Waals surface area (Å²) in [6.45, 7) is 8.04. The average Bonchev–Trinajstić information content (AvgIpc) is 1.82. The van der Waals surface area contributed by atoms with Gasteiger partial charge in [0.05, 0.1) is 0 Å². The fraction of sp³-hybridized carbons (Fsp3) is 0.714. The predicted molar refractivity (Wildman–Crippen MR) is 37.8 cm³/mol. The highest BCUT2D eigenvalue weighted by molar-refractivity contribution is 5.77. The number of rotatable bonds is 3. The van der Waals surface area contributed by atoms with Crippen LogP contribution in [0.1, 0.15) is 20.3 Å². The normalized spacial score (nSPS) is 9.78. The highest BCUT2D eigenvalue weighted by atomic mass is 16.1. The zero-order chi connectivity index (χ0) is 7.28. The molecule has 0 spiro atoms. The lowest BCUT2D eigenvalue weighted by Crippen LogP contribution is -2.28. The molecule has 0 aromatic rings. The van der Waals surface area contributed by atoms with E-state index in [1.54, 1.807) is 0 Å². The monoisotopic (exact) mass is 128 g/mol. The first-order valence-electron chi connectivity index (χ1n) is 3.25. The molecule has 0 bridgehead atoms. The molecule has 1 amide bonds. The largest absolute Gasteiger partial charge is 0.356 e. The Labute approximate surface area is 56.6 Å². The fourth-order valence-electron chi connectivity index (χ4n) is 0.416. The van der Waals surface area contributed by atoms with Crippen molar-refractivity contribution in [2.75, 3.05) is 6.54 Å². The number of carbonyl (C=O) groups is 1. The van der Waals surface area contributed by atoms with Crippen molar-refractivity contribution >= 4 is 5.91 Å². The molecular formula is C7H14NO. The zero-order valence-corrected chi connectivity index (χ0v) is 6.11. The lowest BCUT2D eigenvalue weighted by molar-refractivity contribution is -0.123. The molecule has 0 saturated carbocycles. The summed E-state index contributed by atoms with van der Waals surface area (Å²) in [7, 11) is 0. The molecule has 0 aliphatic carbocycles. The van der Waals surface area contributed by atoms with Gasteiger partial charge in [-0.1, -0.05) is 20.8 Å². The number of carbonyl (C=O) groups excluding carboxylic acids is 1. The molecule has 0 atom stereocenters. The summed E-state index contributed by atoms with van der Waals surface area (Å²) in [5.41, 5.74) is 0. The molecule has 0 saturated heterocycles. The van der Waals surface area contributed by atoms with Crippen LogP contribution in [0.3, 0.4) is 0 Å². The van der Waals surface area contributed by atoms with Crippen LogP contribution in [0.25, 0.3) is 0 Å². The zero-order valence-electron chi connectivity index (χ0n) is 6.11. The Kier molecular flexibility index (Phi) is 4.10. The minimum atomic E-state index is 0.0940. The molecule has 1 radical (unpaired) electrons. The van der Waals surface area contributed by atoms with Crippen molar-refractivity contribution in [3.63, 3.8) is 0 Å². The van der Waals surface area contributed by atoms with Gasteiger partial charge in [-0.3, -0.25) is 4.79 Å². The molecule has 0 aliphatic heterocycles. The maximum atomic E-state index is 10.8. The number of nitrogens with one attached hydrogen (secondary N) is 1. The standard InChI is InChI=1S/C7H14NO/c1-4-5-8-7(9)6(2)3/h6H,1,4-5H2,2-3H3,(H,8,9). The second-order valence-electron chi connectivity index (χ2n) is 2.30. The van der Waals surface area contributed by atoms with Gasteiger partial charge >= 0.3 is 0 Å². The Bertz CT molecular complexity index is 88.9. The minimum absolute atomic E-state index is 0.0940. The van der Waals surface area contributed by atoms with Crippen LogP contribution in [0.4, 0.5) is 0 Å². The Hall–Kier alpha value is -0.530. The topological polar surface area (TPSA) is 29.1 Å². The Morgan fingerprint density at radius 2 is 2.22 bits per heavy atom. The number of hydrogen-bond donors (Lipinski definition) is 1. The summed E-state index contributed by atoms with van der Waals surface area (Å²) in [6, 6.07) is 0. The Balaban J connectivity index is 3.28. The lowest BCUT2D eigenvalue weighted by Gasteiger charge is -2.04. The van der Waals surface area contributed by atoms with Crippen LogP contribution in [0, 0.1) is 12.8 Å². The van der Waals surface area contributed by atoms with Crippen molar-refractivity contribution in [1.82, 2.24) is 5.32 Å². The third-order valence-electron chi connectivity index (χ3n) is 1.00. The van der Waals surface area contributed by atoms with Crippen LogP contribution < -0.4 is 5.32 Å². The van der Waals surface area contributed by atoms with E-state index in [2.05, 4.69) is 12.2 Å². The molecule has 1 N–H and O–H groups in total. The first-order valence-corrected chi connectivity index (χ1v) is 3.25. The average molecular weight is 128 g/mol. The van der Waals surface area contributed by atoms with E-state index in [1.807, 2.05) is 13.8 Å². The van der Waals surface area contributed by atoms with E-state index in [0.29, 0.717) is 6.54 Å². The predicted octanol–water partition coefficient (Wildman–Crippen LogP) is 0.983. The van der Waals surface area contributed by atoms with Crippen molar-refractivity contribution in [1.29, 1.82) is 0 Å². The van der Waals surface area contributed by atoms with Gasteiger partial charge in [0, 0.05) is 12.5 Å². The third-order valence-corrected chi connectivity index (χ3v) is 1.00. The van der Waals surface area contributed by atoms with Gasteiger partial charge in [0.2, 0.25) is 5.91 Å². The molecule has 0 rings (SSSR count). The Morgan fingerprint density at radius 3 is 2.56 bits per heavy atom. The molecule has 0 unspecified atom stereocenters. The molecule has 0 aliphatic rings. The second kappa shape index (κ2) is 4.36. The van der Waals surface area contributed by atoms with E-state index in [1.165, 1.54) is 0 Å². The molecule has 0 heterocycles. The first kappa shape index (κ1) is 8.47.